The number of carbonyl (C=O) groups excluding carboxylic acids is 1. The summed E-state index contributed by atoms with van der Waals surface area (Å²) >= 11 is 18.4. The summed E-state index contributed by atoms with van der Waals surface area (Å²) < 4.78 is 1.38. The van der Waals surface area contributed by atoms with Crippen LogP contribution in [0.3, 0.4) is 0 Å². The number of rotatable bonds is 2. The van der Waals surface area contributed by atoms with Gasteiger partial charge in [0, 0.05) is 25.7 Å². The van der Waals surface area contributed by atoms with Gasteiger partial charge in [0.25, 0.3) is 0 Å². The molecule has 6 heteroatoms. The van der Waals surface area contributed by atoms with Gasteiger partial charge in [0.15, 0.2) is 0 Å². The van der Waals surface area contributed by atoms with Gasteiger partial charge < -0.3 is 0 Å². The molecule has 0 aliphatic heterocycles. The Kier molecular flexibility index (Phi) is 4.43. The third-order valence-corrected chi connectivity index (χ3v) is 3.80. The summed E-state index contributed by atoms with van der Waals surface area (Å²) in [5.74, 6) is -0.276. The lowest BCUT2D eigenvalue weighted by atomic mass is 10.1. The molecule has 92 valence electrons. The first-order valence-corrected chi connectivity index (χ1v) is 7.14. The first-order chi connectivity index (χ1) is 8.49. The van der Waals surface area contributed by atoms with Crippen molar-refractivity contribution in [2.75, 3.05) is 0 Å². The van der Waals surface area contributed by atoms with Crippen LogP contribution in [-0.4, -0.2) is 10.8 Å². The lowest BCUT2D eigenvalue weighted by Crippen LogP contribution is -2.06. The van der Waals surface area contributed by atoms with E-state index in [1.807, 2.05) is 0 Å². The number of nitrogens with zero attached hydrogens (tertiary/aromatic N) is 1. The first-order valence-electron chi connectivity index (χ1n) is 4.80. The summed E-state index contributed by atoms with van der Waals surface area (Å²) in [7, 11) is 0. The van der Waals surface area contributed by atoms with Gasteiger partial charge in [-0.05, 0) is 56.1 Å². The van der Waals surface area contributed by atoms with Crippen molar-refractivity contribution in [1.29, 1.82) is 0 Å². The Morgan fingerprint density at radius 1 is 1.17 bits per heavy atom. The van der Waals surface area contributed by atoms with Crippen LogP contribution < -0.4 is 0 Å². The zero-order valence-electron chi connectivity index (χ0n) is 8.75. The molecule has 0 aliphatic rings. The number of halogens is 4. The van der Waals surface area contributed by atoms with E-state index in [-0.39, 0.29) is 5.78 Å². The second-order valence-electron chi connectivity index (χ2n) is 3.44. The summed E-state index contributed by atoms with van der Waals surface area (Å²) in [6.45, 7) is 0. The minimum atomic E-state index is -0.276. The van der Waals surface area contributed by atoms with Gasteiger partial charge in [-0.3, -0.25) is 9.78 Å². The molecule has 18 heavy (non-hydrogen) atoms. The molecule has 0 atom stereocenters. The lowest BCUT2D eigenvalue weighted by Gasteiger charge is -2.05. The molecule has 2 nitrogen and oxygen atoms in total. The zero-order chi connectivity index (χ0) is 13.3. The van der Waals surface area contributed by atoms with Crippen LogP contribution in [0, 0.1) is 0 Å². The van der Waals surface area contributed by atoms with Crippen LogP contribution in [0.4, 0.5) is 0 Å². The third kappa shape index (κ3) is 2.94. The number of ketones is 1. The quantitative estimate of drug-likeness (QED) is 0.642. The second kappa shape index (κ2) is 5.70. The molecule has 0 radical (unpaired) electrons. The number of hydrogen-bond acceptors (Lipinski definition) is 2. The molecule has 1 aromatic heterocycles. The summed E-state index contributed by atoms with van der Waals surface area (Å²) in [4.78, 5) is 16.4. The standard InChI is InChI=1S/C12H5Br2Cl2NO/c13-6-3-9(14)11(17-5-6)12(18)8-4-7(15)1-2-10(8)16/h1-5H. The Balaban J connectivity index is 2.51. The van der Waals surface area contributed by atoms with E-state index in [1.54, 1.807) is 24.4 Å². The number of pyridine rings is 1. The van der Waals surface area contributed by atoms with E-state index in [0.29, 0.717) is 25.8 Å². The zero-order valence-corrected chi connectivity index (χ0v) is 13.4. The van der Waals surface area contributed by atoms with Crippen molar-refractivity contribution in [3.63, 3.8) is 0 Å². The Labute approximate surface area is 131 Å². The molecule has 2 aromatic rings. The van der Waals surface area contributed by atoms with E-state index in [2.05, 4.69) is 36.8 Å². The Hall–Kier alpha value is -0.420. The topological polar surface area (TPSA) is 30.0 Å². The molecule has 0 unspecified atom stereocenters. The maximum atomic E-state index is 12.3. The highest BCUT2D eigenvalue weighted by molar-refractivity contribution is 9.11. The number of aromatic nitrogens is 1. The largest absolute Gasteiger partial charge is 0.287 e. The molecule has 0 bridgehead atoms. The van der Waals surface area contributed by atoms with Crippen LogP contribution in [0.15, 0.2) is 39.4 Å². The van der Waals surface area contributed by atoms with Gasteiger partial charge in [0.2, 0.25) is 5.78 Å². The fourth-order valence-corrected chi connectivity index (χ4v) is 2.92. The lowest BCUT2D eigenvalue weighted by molar-refractivity contribution is 0.103. The molecule has 0 saturated carbocycles. The first kappa shape index (κ1) is 14.0. The fourth-order valence-electron chi connectivity index (χ4n) is 1.38. The molecule has 0 spiro atoms. The summed E-state index contributed by atoms with van der Waals surface area (Å²) in [6, 6.07) is 6.50. The van der Waals surface area contributed by atoms with E-state index in [4.69, 9.17) is 23.2 Å². The van der Waals surface area contributed by atoms with Gasteiger partial charge in [-0.15, -0.1) is 0 Å². The highest BCUT2D eigenvalue weighted by Crippen LogP contribution is 2.26. The van der Waals surface area contributed by atoms with Crippen LogP contribution in [0.1, 0.15) is 16.1 Å². The van der Waals surface area contributed by atoms with Crippen molar-refractivity contribution in [2.24, 2.45) is 0 Å². The van der Waals surface area contributed by atoms with Crippen LogP contribution in [0.25, 0.3) is 0 Å². The Morgan fingerprint density at radius 3 is 2.56 bits per heavy atom. The summed E-state index contributed by atoms with van der Waals surface area (Å²) in [5.41, 5.74) is 0.627. The monoisotopic (exact) mass is 407 g/mol. The van der Waals surface area contributed by atoms with E-state index < -0.39 is 0 Å². The molecule has 0 fully saturated rings. The van der Waals surface area contributed by atoms with E-state index in [0.717, 1.165) is 4.47 Å². The van der Waals surface area contributed by atoms with E-state index in [1.165, 1.54) is 6.07 Å². The van der Waals surface area contributed by atoms with Crippen molar-refractivity contribution in [1.82, 2.24) is 4.98 Å². The summed E-state index contributed by atoms with van der Waals surface area (Å²) in [5, 5.41) is 0.803. The molecule has 2 rings (SSSR count). The average molecular weight is 410 g/mol. The molecule has 1 heterocycles. The summed E-state index contributed by atoms with van der Waals surface area (Å²) in [6.07, 6.45) is 1.55. The third-order valence-electron chi connectivity index (χ3n) is 2.20. The molecular formula is C12H5Br2Cl2NO. The highest BCUT2D eigenvalue weighted by Gasteiger charge is 2.17. The number of carbonyl (C=O) groups is 1. The van der Waals surface area contributed by atoms with E-state index in [9.17, 15) is 4.79 Å². The Bertz CT molecular complexity index is 631. The van der Waals surface area contributed by atoms with Crippen LogP contribution in [-0.2, 0) is 0 Å². The van der Waals surface area contributed by atoms with Crippen molar-refractivity contribution < 1.29 is 4.79 Å². The molecule has 0 amide bonds. The molecule has 0 N–H and O–H groups in total. The maximum absolute atomic E-state index is 12.3. The van der Waals surface area contributed by atoms with Crippen molar-refractivity contribution in [3.05, 3.63) is 60.7 Å². The normalized spacial score (nSPS) is 10.4. The number of hydrogen-bond donors (Lipinski definition) is 0. The van der Waals surface area contributed by atoms with Crippen LogP contribution in [0.5, 0.6) is 0 Å². The molecule has 1 aromatic carbocycles. The van der Waals surface area contributed by atoms with Gasteiger partial charge in [0.05, 0.1) is 5.02 Å². The van der Waals surface area contributed by atoms with Crippen molar-refractivity contribution in [2.45, 2.75) is 0 Å². The van der Waals surface area contributed by atoms with Crippen molar-refractivity contribution in [3.8, 4) is 0 Å². The predicted molar refractivity (Wildman–Crippen MR) is 79.5 cm³/mol. The number of benzene rings is 1. The highest BCUT2D eigenvalue weighted by atomic mass is 79.9. The smallest absolute Gasteiger partial charge is 0.214 e. The van der Waals surface area contributed by atoms with Gasteiger partial charge in [-0.25, -0.2) is 0 Å². The molecular weight excluding hydrogens is 405 g/mol. The average Bonchev–Trinajstić information content (AvgIpc) is 2.31. The fraction of sp³-hybridized carbons (Fsp3) is 0. The van der Waals surface area contributed by atoms with E-state index >= 15 is 0 Å². The second-order valence-corrected chi connectivity index (χ2v) is 6.05. The maximum Gasteiger partial charge on any atom is 0.214 e. The molecule has 0 aliphatic carbocycles. The van der Waals surface area contributed by atoms with Gasteiger partial charge >= 0.3 is 0 Å². The van der Waals surface area contributed by atoms with Crippen molar-refractivity contribution >= 4 is 60.8 Å². The molecule has 0 saturated heterocycles. The van der Waals surface area contributed by atoms with Gasteiger partial charge in [-0.1, -0.05) is 23.2 Å². The van der Waals surface area contributed by atoms with Gasteiger partial charge in [0.1, 0.15) is 5.69 Å². The van der Waals surface area contributed by atoms with Crippen LogP contribution in [0.2, 0.25) is 10.0 Å². The SMILES string of the molecule is O=C(c1cc(Cl)ccc1Cl)c1ncc(Br)cc1Br. The van der Waals surface area contributed by atoms with Crippen LogP contribution >= 0.6 is 55.1 Å². The Morgan fingerprint density at radius 2 is 1.89 bits per heavy atom. The minimum Gasteiger partial charge on any atom is -0.287 e. The minimum absolute atomic E-state index is 0.276. The predicted octanol–water partition coefficient (Wildman–Crippen LogP) is 5.14. The van der Waals surface area contributed by atoms with Gasteiger partial charge in [-0.2, -0.15) is 0 Å².